The normalized spacial score (nSPS) is 28.1. The molecule has 2 aliphatic rings. The lowest BCUT2D eigenvalue weighted by atomic mass is 9.90. The zero-order chi connectivity index (χ0) is 13.0. The molecule has 0 saturated carbocycles. The molecule has 0 bridgehead atoms. The highest BCUT2D eigenvalue weighted by atomic mass is 16.5. The van der Waals surface area contributed by atoms with Crippen molar-refractivity contribution in [2.75, 3.05) is 26.3 Å². The van der Waals surface area contributed by atoms with Crippen molar-refractivity contribution in [1.82, 2.24) is 4.90 Å². The smallest absolute Gasteiger partial charge is 0.133 e. The Labute approximate surface area is 109 Å². The van der Waals surface area contributed by atoms with E-state index in [0.717, 1.165) is 30.7 Å². The van der Waals surface area contributed by atoms with E-state index < -0.39 is 6.23 Å². The third kappa shape index (κ3) is 3.10. The van der Waals surface area contributed by atoms with E-state index in [9.17, 15) is 5.11 Å². The van der Waals surface area contributed by atoms with E-state index >= 15 is 0 Å². The van der Waals surface area contributed by atoms with Gasteiger partial charge in [-0.3, -0.25) is 4.90 Å². The van der Waals surface area contributed by atoms with Crippen molar-refractivity contribution < 1.29 is 9.84 Å². The van der Waals surface area contributed by atoms with Gasteiger partial charge in [0, 0.05) is 13.1 Å². The van der Waals surface area contributed by atoms with Crippen LogP contribution in [0.3, 0.4) is 0 Å². The van der Waals surface area contributed by atoms with E-state index in [2.05, 4.69) is 30.1 Å². The molecule has 3 nitrogen and oxygen atoms in total. The third-order valence-electron chi connectivity index (χ3n) is 3.52. The first kappa shape index (κ1) is 13.5. The van der Waals surface area contributed by atoms with Crippen molar-refractivity contribution in [3.05, 3.63) is 35.5 Å². The maximum absolute atomic E-state index is 10.5. The first-order valence-electron chi connectivity index (χ1n) is 6.77. The van der Waals surface area contributed by atoms with Crippen molar-refractivity contribution in [3.63, 3.8) is 0 Å². The van der Waals surface area contributed by atoms with Gasteiger partial charge >= 0.3 is 0 Å². The lowest BCUT2D eigenvalue weighted by Gasteiger charge is -2.34. The molecule has 0 aromatic rings. The first-order valence-corrected chi connectivity index (χ1v) is 6.77. The summed E-state index contributed by atoms with van der Waals surface area (Å²) in [5, 5.41) is 10.5. The van der Waals surface area contributed by atoms with E-state index in [1.807, 2.05) is 13.0 Å². The zero-order valence-corrected chi connectivity index (χ0v) is 11.3. The summed E-state index contributed by atoms with van der Waals surface area (Å²) < 4.78 is 5.33. The van der Waals surface area contributed by atoms with Crippen LogP contribution in [0, 0.1) is 5.92 Å². The second-order valence-electron chi connectivity index (χ2n) is 5.02. The molecule has 18 heavy (non-hydrogen) atoms. The van der Waals surface area contributed by atoms with Crippen LogP contribution < -0.4 is 0 Å². The molecule has 100 valence electrons. The van der Waals surface area contributed by atoms with Crippen LogP contribution in [-0.4, -0.2) is 42.5 Å². The predicted molar refractivity (Wildman–Crippen MR) is 73.2 cm³/mol. The lowest BCUT2D eigenvalue weighted by Crippen LogP contribution is -2.44. The van der Waals surface area contributed by atoms with Crippen LogP contribution >= 0.6 is 0 Å². The summed E-state index contributed by atoms with van der Waals surface area (Å²) in [5.74, 6) is 0.504. The molecule has 1 fully saturated rings. The highest BCUT2D eigenvalue weighted by Crippen LogP contribution is 2.27. The second-order valence-corrected chi connectivity index (χ2v) is 5.02. The maximum atomic E-state index is 10.5. The minimum Gasteiger partial charge on any atom is -0.379 e. The van der Waals surface area contributed by atoms with Crippen LogP contribution in [0.5, 0.6) is 0 Å². The molecular weight excluding hydrogens is 226 g/mol. The van der Waals surface area contributed by atoms with Crippen LogP contribution in [0.4, 0.5) is 0 Å². The van der Waals surface area contributed by atoms with Crippen LogP contribution in [0.2, 0.25) is 0 Å². The molecular formula is C15H23NO2. The molecule has 0 amide bonds. The molecule has 3 heteroatoms. The molecule has 1 N–H and O–H groups in total. The fourth-order valence-electron chi connectivity index (χ4n) is 2.50. The van der Waals surface area contributed by atoms with Crippen LogP contribution in [-0.2, 0) is 4.74 Å². The number of morpholine rings is 1. The lowest BCUT2D eigenvalue weighted by molar-refractivity contribution is -0.0401. The molecule has 2 atom stereocenters. The summed E-state index contributed by atoms with van der Waals surface area (Å²) in [5.41, 5.74) is 2.21. The third-order valence-corrected chi connectivity index (χ3v) is 3.52. The van der Waals surface area contributed by atoms with Gasteiger partial charge in [-0.1, -0.05) is 31.2 Å². The monoisotopic (exact) mass is 249 g/mol. The number of hydrogen-bond donors (Lipinski definition) is 1. The number of hydrogen-bond acceptors (Lipinski definition) is 3. The van der Waals surface area contributed by atoms with E-state index in [1.54, 1.807) is 0 Å². The van der Waals surface area contributed by atoms with Gasteiger partial charge in [0.25, 0.3) is 0 Å². The van der Waals surface area contributed by atoms with E-state index in [0.29, 0.717) is 19.1 Å². The van der Waals surface area contributed by atoms with Gasteiger partial charge in [-0.15, -0.1) is 0 Å². The number of allylic oxidation sites excluding steroid dienone is 4. The second kappa shape index (κ2) is 6.32. The van der Waals surface area contributed by atoms with Crippen molar-refractivity contribution in [2.45, 2.75) is 26.5 Å². The highest BCUT2D eigenvalue weighted by molar-refractivity contribution is 5.44. The van der Waals surface area contributed by atoms with Gasteiger partial charge in [0.15, 0.2) is 0 Å². The minimum absolute atomic E-state index is 0.501. The Hall–Kier alpha value is -0.900. The Bertz CT molecular complexity index is 365. The topological polar surface area (TPSA) is 32.7 Å². The van der Waals surface area contributed by atoms with E-state index in [4.69, 9.17) is 4.74 Å². The quantitative estimate of drug-likeness (QED) is 0.831. The number of ether oxygens (including phenoxy) is 1. The fourth-order valence-corrected chi connectivity index (χ4v) is 2.50. The Kier molecular flexibility index (Phi) is 4.75. The summed E-state index contributed by atoms with van der Waals surface area (Å²) >= 11 is 0. The Balaban J connectivity index is 2.14. The summed E-state index contributed by atoms with van der Waals surface area (Å²) in [6.07, 6.45) is 9.10. The van der Waals surface area contributed by atoms with Crippen molar-refractivity contribution >= 4 is 0 Å². The molecule has 0 spiro atoms. The summed E-state index contributed by atoms with van der Waals surface area (Å²) in [6, 6.07) is 0. The highest BCUT2D eigenvalue weighted by Gasteiger charge is 2.25. The molecule has 0 radical (unpaired) electrons. The van der Waals surface area contributed by atoms with Gasteiger partial charge in [0.05, 0.1) is 13.2 Å². The Morgan fingerprint density at radius 2 is 2.17 bits per heavy atom. The molecule has 1 saturated heterocycles. The standard InChI is InChI=1S/C15H23NO2/c1-3-4-13-6-5-12(2)11-14(13)15(17)16-7-9-18-10-8-16/h3-4,6,11-12,15,17H,5,7-10H2,1-2H3. The van der Waals surface area contributed by atoms with Crippen molar-refractivity contribution in [3.8, 4) is 0 Å². The number of nitrogens with zero attached hydrogens (tertiary/aromatic N) is 1. The fraction of sp³-hybridized carbons (Fsp3) is 0.600. The first-order chi connectivity index (χ1) is 8.72. The molecule has 1 aliphatic carbocycles. The molecule has 0 aromatic heterocycles. The van der Waals surface area contributed by atoms with Gasteiger partial charge < -0.3 is 9.84 Å². The molecule has 1 heterocycles. The molecule has 2 unspecified atom stereocenters. The largest absolute Gasteiger partial charge is 0.379 e. The Morgan fingerprint density at radius 1 is 1.44 bits per heavy atom. The molecule has 0 aromatic carbocycles. The summed E-state index contributed by atoms with van der Waals surface area (Å²) in [7, 11) is 0. The van der Waals surface area contributed by atoms with E-state index in [-0.39, 0.29) is 0 Å². The van der Waals surface area contributed by atoms with E-state index in [1.165, 1.54) is 0 Å². The summed E-state index contributed by atoms with van der Waals surface area (Å²) in [4.78, 5) is 2.09. The number of rotatable bonds is 3. The molecule has 1 aliphatic heterocycles. The van der Waals surface area contributed by atoms with Crippen LogP contribution in [0.25, 0.3) is 0 Å². The van der Waals surface area contributed by atoms with Gasteiger partial charge in [0.1, 0.15) is 6.23 Å². The number of aliphatic hydroxyl groups excluding tert-OH is 1. The zero-order valence-electron chi connectivity index (χ0n) is 11.3. The van der Waals surface area contributed by atoms with Gasteiger partial charge in [-0.2, -0.15) is 0 Å². The number of aliphatic hydroxyl groups is 1. The average Bonchev–Trinajstić information content (AvgIpc) is 2.41. The molecule has 2 rings (SSSR count). The van der Waals surface area contributed by atoms with Crippen LogP contribution in [0.1, 0.15) is 20.3 Å². The minimum atomic E-state index is -0.501. The maximum Gasteiger partial charge on any atom is 0.133 e. The van der Waals surface area contributed by atoms with Crippen molar-refractivity contribution in [1.29, 1.82) is 0 Å². The van der Waals surface area contributed by atoms with Gasteiger partial charge in [-0.05, 0) is 30.4 Å². The van der Waals surface area contributed by atoms with Gasteiger partial charge in [0.2, 0.25) is 0 Å². The Morgan fingerprint density at radius 3 is 2.83 bits per heavy atom. The predicted octanol–water partition coefficient (Wildman–Crippen LogP) is 2.11. The van der Waals surface area contributed by atoms with Gasteiger partial charge in [-0.25, -0.2) is 0 Å². The summed E-state index contributed by atoms with van der Waals surface area (Å²) in [6.45, 7) is 7.23. The van der Waals surface area contributed by atoms with Crippen molar-refractivity contribution in [2.24, 2.45) is 5.92 Å². The average molecular weight is 249 g/mol. The van der Waals surface area contributed by atoms with Crippen LogP contribution in [0.15, 0.2) is 35.5 Å². The SMILES string of the molecule is CC=CC1=CCC(C)C=C1C(O)N1CCOCC1.